The molecule has 0 bridgehead atoms. The van der Waals surface area contributed by atoms with Crippen molar-refractivity contribution >= 4 is 23.4 Å². The molecule has 10 heteroatoms. The Morgan fingerprint density at radius 3 is 2.76 bits per heavy atom. The minimum Gasteiger partial charge on any atom is -0.411 e. The second kappa shape index (κ2) is 9.28. The molecule has 150 valence electrons. The van der Waals surface area contributed by atoms with E-state index in [1.165, 1.54) is 30.3 Å². The Balaban J connectivity index is 1.53. The number of non-ortho nitro benzene ring substituents is 1. The van der Waals surface area contributed by atoms with Crippen LogP contribution in [-0.4, -0.2) is 32.8 Å². The van der Waals surface area contributed by atoms with Crippen LogP contribution in [-0.2, 0) is 11.2 Å². The third-order valence-electron chi connectivity index (χ3n) is 3.98. The predicted molar refractivity (Wildman–Crippen MR) is 105 cm³/mol. The number of aromatic nitrogens is 2. The maximum absolute atomic E-state index is 12.9. The lowest BCUT2D eigenvalue weighted by Gasteiger charge is -2.09. The number of hydrogen-bond acceptors (Lipinski definition) is 7. The van der Waals surface area contributed by atoms with E-state index < -0.39 is 10.2 Å². The quantitative estimate of drug-likeness (QED) is 0.339. The summed E-state index contributed by atoms with van der Waals surface area (Å²) in [5, 5.41) is 21.2. The van der Waals surface area contributed by atoms with Gasteiger partial charge in [-0.2, -0.15) is 0 Å². The SMILES string of the molecule is C[C@H](Sc1nnc(-c2cccc([N+](=O)[O-])c2)o1)C(=O)NCCc1ccc(F)cc1. The molecule has 0 saturated carbocycles. The van der Waals surface area contributed by atoms with Gasteiger partial charge in [-0.3, -0.25) is 14.9 Å². The highest BCUT2D eigenvalue weighted by atomic mass is 32.2. The fourth-order valence-electron chi connectivity index (χ4n) is 2.46. The lowest BCUT2D eigenvalue weighted by molar-refractivity contribution is -0.384. The van der Waals surface area contributed by atoms with Gasteiger partial charge in [0, 0.05) is 24.2 Å². The molecule has 0 aliphatic carbocycles. The van der Waals surface area contributed by atoms with E-state index in [1.807, 2.05) is 0 Å². The summed E-state index contributed by atoms with van der Waals surface area (Å²) in [5.74, 6) is -0.362. The van der Waals surface area contributed by atoms with Crippen LogP contribution in [0.4, 0.5) is 10.1 Å². The Hall–Kier alpha value is -3.27. The highest BCUT2D eigenvalue weighted by molar-refractivity contribution is 8.00. The van der Waals surface area contributed by atoms with Crippen molar-refractivity contribution in [2.45, 2.75) is 23.8 Å². The van der Waals surface area contributed by atoms with E-state index >= 15 is 0 Å². The number of thioether (sulfide) groups is 1. The zero-order valence-corrected chi connectivity index (χ0v) is 16.2. The van der Waals surface area contributed by atoms with Crippen LogP contribution in [0.3, 0.4) is 0 Å². The molecule has 0 radical (unpaired) electrons. The van der Waals surface area contributed by atoms with Gasteiger partial charge < -0.3 is 9.73 Å². The fourth-order valence-corrected chi connectivity index (χ4v) is 3.16. The summed E-state index contributed by atoms with van der Waals surface area (Å²) in [6.45, 7) is 2.12. The average Bonchev–Trinajstić information content (AvgIpc) is 3.18. The van der Waals surface area contributed by atoms with Crippen molar-refractivity contribution in [3.05, 3.63) is 70.0 Å². The highest BCUT2D eigenvalue weighted by Crippen LogP contribution is 2.27. The zero-order valence-electron chi connectivity index (χ0n) is 15.4. The lowest BCUT2D eigenvalue weighted by atomic mass is 10.1. The van der Waals surface area contributed by atoms with E-state index in [2.05, 4.69) is 15.5 Å². The lowest BCUT2D eigenvalue weighted by Crippen LogP contribution is -2.32. The standard InChI is InChI=1S/C19H17FN4O4S/c1-12(17(25)21-10-9-13-5-7-15(20)8-6-13)29-19-23-22-18(28-19)14-3-2-4-16(11-14)24(26)27/h2-8,11-12H,9-10H2,1H3,(H,21,25)/t12-/m0/s1. The first-order valence-corrected chi connectivity index (χ1v) is 9.57. The number of halogens is 1. The number of benzene rings is 2. The van der Waals surface area contributed by atoms with Gasteiger partial charge in [0.15, 0.2) is 0 Å². The molecule has 1 amide bonds. The summed E-state index contributed by atoms with van der Waals surface area (Å²) >= 11 is 1.09. The number of carbonyl (C=O) groups excluding carboxylic acids is 1. The van der Waals surface area contributed by atoms with Gasteiger partial charge in [-0.05, 0) is 37.1 Å². The van der Waals surface area contributed by atoms with Crippen LogP contribution in [0, 0.1) is 15.9 Å². The van der Waals surface area contributed by atoms with Crippen molar-refractivity contribution in [3.8, 4) is 11.5 Å². The Labute approximate surface area is 169 Å². The molecule has 29 heavy (non-hydrogen) atoms. The first-order chi connectivity index (χ1) is 13.9. The molecule has 0 spiro atoms. The second-order valence-electron chi connectivity index (χ2n) is 6.11. The maximum atomic E-state index is 12.9. The number of nitrogens with one attached hydrogen (secondary N) is 1. The average molecular weight is 416 g/mol. The number of carbonyl (C=O) groups is 1. The Morgan fingerprint density at radius 1 is 1.28 bits per heavy atom. The molecule has 1 heterocycles. The van der Waals surface area contributed by atoms with Crippen molar-refractivity contribution in [1.29, 1.82) is 0 Å². The van der Waals surface area contributed by atoms with Crippen LogP contribution in [0.2, 0.25) is 0 Å². The highest BCUT2D eigenvalue weighted by Gasteiger charge is 2.19. The molecule has 3 aromatic rings. The molecule has 8 nitrogen and oxygen atoms in total. The normalized spacial score (nSPS) is 11.8. The molecule has 0 fully saturated rings. The number of hydrogen-bond donors (Lipinski definition) is 1. The van der Waals surface area contributed by atoms with Crippen molar-refractivity contribution in [2.75, 3.05) is 6.54 Å². The van der Waals surface area contributed by atoms with Crippen LogP contribution < -0.4 is 5.32 Å². The van der Waals surface area contributed by atoms with Gasteiger partial charge in [-0.15, -0.1) is 10.2 Å². The Bertz CT molecular complexity index is 1010. The minimum atomic E-state index is -0.506. The van der Waals surface area contributed by atoms with E-state index in [9.17, 15) is 19.3 Å². The Kier molecular flexibility index (Phi) is 6.55. The fraction of sp³-hybridized carbons (Fsp3) is 0.211. The molecule has 2 aromatic carbocycles. The van der Waals surface area contributed by atoms with Gasteiger partial charge in [-0.25, -0.2) is 4.39 Å². The van der Waals surface area contributed by atoms with Crippen molar-refractivity contribution in [2.24, 2.45) is 0 Å². The zero-order chi connectivity index (χ0) is 20.8. The van der Waals surface area contributed by atoms with Gasteiger partial charge in [-0.1, -0.05) is 30.0 Å². The molecule has 0 aliphatic heterocycles. The smallest absolute Gasteiger partial charge is 0.277 e. The monoisotopic (exact) mass is 416 g/mol. The van der Waals surface area contributed by atoms with Crippen LogP contribution in [0.25, 0.3) is 11.5 Å². The van der Waals surface area contributed by atoms with Crippen molar-refractivity contribution < 1.29 is 18.5 Å². The van der Waals surface area contributed by atoms with Crippen molar-refractivity contribution in [3.63, 3.8) is 0 Å². The van der Waals surface area contributed by atoms with Crippen LogP contribution >= 0.6 is 11.8 Å². The van der Waals surface area contributed by atoms with Gasteiger partial charge in [0.2, 0.25) is 11.8 Å². The number of nitro groups is 1. The molecule has 0 saturated heterocycles. The summed E-state index contributed by atoms with van der Waals surface area (Å²) < 4.78 is 18.4. The van der Waals surface area contributed by atoms with E-state index in [0.29, 0.717) is 18.5 Å². The van der Waals surface area contributed by atoms with Crippen LogP contribution in [0.15, 0.2) is 58.2 Å². The molecule has 1 aromatic heterocycles. The third-order valence-corrected chi connectivity index (χ3v) is 4.92. The predicted octanol–water partition coefficient (Wildman–Crippen LogP) is 3.62. The summed E-state index contributed by atoms with van der Waals surface area (Å²) in [7, 11) is 0. The number of nitrogens with zero attached hydrogens (tertiary/aromatic N) is 3. The van der Waals surface area contributed by atoms with Gasteiger partial charge in [0.1, 0.15) is 5.82 Å². The van der Waals surface area contributed by atoms with Crippen molar-refractivity contribution in [1.82, 2.24) is 15.5 Å². The molecule has 0 aliphatic rings. The first-order valence-electron chi connectivity index (χ1n) is 8.69. The largest absolute Gasteiger partial charge is 0.411 e. The number of amides is 1. The van der Waals surface area contributed by atoms with E-state index in [1.54, 1.807) is 25.1 Å². The summed E-state index contributed by atoms with van der Waals surface area (Å²) in [4.78, 5) is 22.6. The van der Waals surface area contributed by atoms with E-state index in [-0.39, 0.29) is 28.5 Å². The summed E-state index contributed by atoms with van der Waals surface area (Å²) in [6, 6.07) is 12.0. The van der Waals surface area contributed by atoms with Crippen LogP contribution in [0.1, 0.15) is 12.5 Å². The molecule has 1 atom stereocenters. The molecular weight excluding hydrogens is 399 g/mol. The Morgan fingerprint density at radius 2 is 2.03 bits per heavy atom. The number of rotatable bonds is 8. The maximum Gasteiger partial charge on any atom is 0.277 e. The van der Waals surface area contributed by atoms with Crippen LogP contribution in [0.5, 0.6) is 0 Å². The van der Waals surface area contributed by atoms with E-state index in [4.69, 9.17) is 4.42 Å². The number of nitro benzene ring substituents is 1. The third kappa shape index (κ3) is 5.61. The molecular formula is C19H17FN4O4S. The second-order valence-corrected chi connectivity index (χ2v) is 7.40. The molecule has 1 N–H and O–H groups in total. The van der Waals surface area contributed by atoms with Gasteiger partial charge in [0.25, 0.3) is 10.9 Å². The van der Waals surface area contributed by atoms with Gasteiger partial charge >= 0.3 is 0 Å². The summed E-state index contributed by atoms with van der Waals surface area (Å²) in [6.07, 6.45) is 0.584. The topological polar surface area (TPSA) is 111 Å². The van der Waals surface area contributed by atoms with E-state index in [0.717, 1.165) is 17.3 Å². The summed E-state index contributed by atoms with van der Waals surface area (Å²) in [5.41, 5.74) is 1.27. The molecule has 0 unspecified atom stereocenters. The minimum absolute atomic E-state index is 0.0798. The first kappa shape index (κ1) is 20.5. The van der Waals surface area contributed by atoms with Gasteiger partial charge in [0.05, 0.1) is 10.2 Å². The molecule has 3 rings (SSSR count).